The molecule has 14 heavy (non-hydrogen) atoms. The third-order valence-electron chi connectivity index (χ3n) is 3.77. The minimum Gasteiger partial charge on any atom is -0.345 e. The molecule has 0 aromatic carbocycles. The average Bonchev–Trinajstić information content (AvgIpc) is 2.88. The highest BCUT2D eigenvalue weighted by molar-refractivity contribution is 5.65. The highest BCUT2D eigenvalue weighted by atomic mass is 14.9. The van der Waals surface area contributed by atoms with Gasteiger partial charge in [-0.25, -0.2) is 4.98 Å². The predicted molar refractivity (Wildman–Crippen MR) is 56.6 cm³/mol. The summed E-state index contributed by atoms with van der Waals surface area (Å²) in [6.45, 7) is 0. The maximum atomic E-state index is 4.12. The maximum absolute atomic E-state index is 4.12. The summed E-state index contributed by atoms with van der Waals surface area (Å²) in [6, 6.07) is 0. The first kappa shape index (κ1) is 8.27. The highest BCUT2D eigenvalue weighted by Crippen LogP contribution is 2.45. The van der Waals surface area contributed by atoms with E-state index < -0.39 is 0 Å². The van der Waals surface area contributed by atoms with Gasteiger partial charge in [0.2, 0.25) is 0 Å². The zero-order valence-corrected chi connectivity index (χ0v) is 8.37. The molecule has 1 aromatic heterocycles. The van der Waals surface area contributed by atoms with Crippen molar-refractivity contribution in [3.05, 3.63) is 24.3 Å². The molecule has 1 N–H and O–H groups in total. The largest absolute Gasteiger partial charge is 0.345 e. The molecule has 0 bridgehead atoms. The molecule has 2 atom stereocenters. The van der Waals surface area contributed by atoms with Crippen LogP contribution in [0.1, 0.15) is 37.8 Å². The van der Waals surface area contributed by atoms with E-state index in [1.165, 1.54) is 43.4 Å². The van der Waals surface area contributed by atoms with Crippen molar-refractivity contribution in [1.29, 1.82) is 0 Å². The standard InChI is InChI=1S/C12H16N2/c1-3-9-4-2-6-11(10(9)5-1)12-7-13-8-14-12/h6-10H,1-5H2,(H,13,14). The summed E-state index contributed by atoms with van der Waals surface area (Å²) < 4.78 is 0. The number of hydrogen-bond acceptors (Lipinski definition) is 1. The predicted octanol–water partition coefficient (Wildman–Crippen LogP) is 3.00. The maximum Gasteiger partial charge on any atom is 0.0924 e. The molecule has 0 radical (unpaired) electrons. The summed E-state index contributed by atoms with van der Waals surface area (Å²) in [5.74, 6) is 1.78. The lowest BCUT2D eigenvalue weighted by Crippen LogP contribution is -2.14. The van der Waals surface area contributed by atoms with E-state index in [2.05, 4.69) is 16.0 Å². The molecule has 1 aromatic rings. The van der Waals surface area contributed by atoms with Crippen LogP contribution in [0.3, 0.4) is 0 Å². The minimum absolute atomic E-state index is 0.823. The van der Waals surface area contributed by atoms with Crippen LogP contribution in [0.2, 0.25) is 0 Å². The van der Waals surface area contributed by atoms with Gasteiger partial charge in [-0.2, -0.15) is 0 Å². The average molecular weight is 188 g/mol. The Hall–Kier alpha value is -1.05. The second-order valence-corrected chi connectivity index (χ2v) is 4.50. The van der Waals surface area contributed by atoms with Crippen molar-refractivity contribution in [3.63, 3.8) is 0 Å². The summed E-state index contributed by atoms with van der Waals surface area (Å²) in [6.07, 6.45) is 13.1. The fourth-order valence-electron chi connectivity index (χ4n) is 3.12. The normalized spacial score (nSPS) is 31.3. The van der Waals surface area contributed by atoms with Gasteiger partial charge in [0.25, 0.3) is 0 Å². The topological polar surface area (TPSA) is 28.7 Å². The number of aromatic amines is 1. The monoisotopic (exact) mass is 188 g/mol. The van der Waals surface area contributed by atoms with Gasteiger partial charge in [0.15, 0.2) is 0 Å². The number of allylic oxidation sites excluding steroid dienone is 2. The van der Waals surface area contributed by atoms with Gasteiger partial charge in [-0.15, -0.1) is 0 Å². The summed E-state index contributed by atoms with van der Waals surface area (Å²) >= 11 is 0. The van der Waals surface area contributed by atoms with E-state index in [9.17, 15) is 0 Å². The minimum atomic E-state index is 0.823. The van der Waals surface area contributed by atoms with Crippen LogP contribution >= 0.6 is 0 Å². The number of rotatable bonds is 1. The highest BCUT2D eigenvalue weighted by Gasteiger charge is 2.32. The Labute approximate surface area is 84.4 Å². The molecule has 1 heterocycles. The molecule has 1 fully saturated rings. The molecule has 3 rings (SSSR count). The molecule has 2 heteroatoms. The van der Waals surface area contributed by atoms with Gasteiger partial charge >= 0.3 is 0 Å². The van der Waals surface area contributed by atoms with E-state index in [0.29, 0.717) is 0 Å². The van der Waals surface area contributed by atoms with Crippen LogP contribution in [0, 0.1) is 11.8 Å². The van der Waals surface area contributed by atoms with E-state index in [1.807, 2.05) is 6.20 Å². The fourth-order valence-corrected chi connectivity index (χ4v) is 3.12. The van der Waals surface area contributed by atoms with Gasteiger partial charge in [0, 0.05) is 0 Å². The number of nitrogens with zero attached hydrogens (tertiary/aromatic N) is 1. The van der Waals surface area contributed by atoms with Crippen LogP contribution in [-0.4, -0.2) is 9.97 Å². The number of H-pyrrole nitrogens is 1. The SMILES string of the molecule is C1=C(c2cnc[nH]2)C2CCCC2CC1. The van der Waals surface area contributed by atoms with Crippen molar-refractivity contribution in [2.24, 2.45) is 11.8 Å². The van der Waals surface area contributed by atoms with Crippen molar-refractivity contribution in [3.8, 4) is 0 Å². The fraction of sp³-hybridized carbons (Fsp3) is 0.583. The lowest BCUT2D eigenvalue weighted by atomic mass is 9.80. The second-order valence-electron chi connectivity index (χ2n) is 4.50. The Morgan fingerprint density at radius 2 is 2.29 bits per heavy atom. The number of aromatic nitrogens is 2. The van der Waals surface area contributed by atoms with Gasteiger partial charge in [0.1, 0.15) is 0 Å². The van der Waals surface area contributed by atoms with E-state index in [-0.39, 0.29) is 0 Å². The van der Waals surface area contributed by atoms with Crippen LogP contribution in [0.15, 0.2) is 18.6 Å². The molecule has 2 aliphatic carbocycles. The van der Waals surface area contributed by atoms with Gasteiger partial charge in [-0.05, 0) is 43.1 Å². The van der Waals surface area contributed by atoms with Crippen LogP contribution in [0.25, 0.3) is 5.57 Å². The zero-order chi connectivity index (χ0) is 9.38. The first-order chi connectivity index (χ1) is 6.95. The Kier molecular flexibility index (Phi) is 1.93. The molecule has 0 saturated heterocycles. The van der Waals surface area contributed by atoms with Crippen LogP contribution in [-0.2, 0) is 0 Å². The summed E-state index contributed by atoms with van der Waals surface area (Å²) in [5, 5.41) is 0. The van der Waals surface area contributed by atoms with Crippen molar-refractivity contribution < 1.29 is 0 Å². The number of hydrogen-bond donors (Lipinski definition) is 1. The quantitative estimate of drug-likeness (QED) is 0.721. The van der Waals surface area contributed by atoms with E-state index in [4.69, 9.17) is 0 Å². The van der Waals surface area contributed by atoms with E-state index in [0.717, 1.165) is 11.8 Å². The third kappa shape index (κ3) is 1.21. The van der Waals surface area contributed by atoms with Crippen molar-refractivity contribution in [2.45, 2.75) is 32.1 Å². The Morgan fingerprint density at radius 1 is 1.29 bits per heavy atom. The second kappa shape index (κ2) is 3.26. The Balaban J connectivity index is 1.94. The van der Waals surface area contributed by atoms with Crippen LogP contribution < -0.4 is 0 Å². The first-order valence-corrected chi connectivity index (χ1v) is 5.64. The molecule has 0 spiro atoms. The Morgan fingerprint density at radius 3 is 3.14 bits per heavy atom. The Bertz CT molecular complexity index is 337. The first-order valence-electron chi connectivity index (χ1n) is 5.64. The lowest BCUT2D eigenvalue weighted by Gasteiger charge is -2.26. The molecular weight excluding hydrogens is 172 g/mol. The van der Waals surface area contributed by atoms with Gasteiger partial charge < -0.3 is 4.98 Å². The van der Waals surface area contributed by atoms with Crippen LogP contribution in [0.5, 0.6) is 0 Å². The molecular formula is C12H16N2. The molecule has 2 aliphatic rings. The van der Waals surface area contributed by atoms with Crippen molar-refractivity contribution >= 4 is 5.57 Å². The van der Waals surface area contributed by atoms with Crippen LogP contribution in [0.4, 0.5) is 0 Å². The summed E-state index contributed by atoms with van der Waals surface area (Å²) in [7, 11) is 0. The van der Waals surface area contributed by atoms with E-state index >= 15 is 0 Å². The molecule has 2 unspecified atom stereocenters. The lowest BCUT2D eigenvalue weighted by molar-refractivity contribution is 0.423. The van der Waals surface area contributed by atoms with Gasteiger partial charge in [0.05, 0.1) is 18.2 Å². The molecule has 2 nitrogen and oxygen atoms in total. The van der Waals surface area contributed by atoms with Crippen molar-refractivity contribution in [2.75, 3.05) is 0 Å². The van der Waals surface area contributed by atoms with E-state index in [1.54, 1.807) is 6.33 Å². The molecule has 74 valence electrons. The van der Waals surface area contributed by atoms with Gasteiger partial charge in [-0.3, -0.25) is 0 Å². The number of fused-ring (bicyclic) bond motifs is 1. The van der Waals surface area contributed by atoms with Gasteiger partial charge in [-0.1, -0.05) is 12.5 Å². The zero-order valence-electron chi connectivity index (χ0n) is 8.37. The summed E-state index contributed by atoms with van der Waals surface area (Å²) in [4.78, 5) is 7.36. The summed E-state index contributed by atoms with van der Waals surface area (Å²) in [5.41, 5.74) is 2.79. The van der Waals surface area contributed by atoms with Crippen molar-refractivity contribution in [1.82, 2.24) is 9.97 Å². The smallest absolute Gasteiger partial charge is 0.0924 e. The molecule has 0 aliphatic heterocycles. The molecule has 1 saturated carbocycles. The molecule has 0 amide bonds. The third-order valence-corrected chi connectivity index (χ3v) is 3.77. The number of nitrogens with one attached hydrogen (secondary N) is 1. The number of imidazole rings is 1.